The highest BCUT2D eigenvalue weighted by atomic mass is 16.7. The highest BCUT2D eigenvalue weighted by molar-refractivity contribution is 5.32. The van der Waals surface area contributed by atoms with E-state index in [1.165, 1.54) is 5.56 Å². The van der Waals surface area contributed by atoms with Gasteiger partial charge in [-0.25, -0.2) is 4.98 Å². The molecule has 3 atom stereocenters. The van der Waals surface area contributed by atoms with Crippen molar-refractivity contribution in [3.63, 3.8) is 0 Å². The number of benzene rings is 2. The van der Waals surface area contributed by atoms with Crippen LogP contribution in [0.4, 0.5) is 0 Å². The summed E-state index contributed by atoms with van der Waals surface area (Å²) in [6.45, 7) is 4.58. The topological polar surface area (TPSA) is 72.8 Å². The number of rotatable bonds is 14. The molecular weight excluding hydrogens is 452 g/mol. The fraction of sp³-hybridized carbons (Fsp3) is 0.433. The Bertz CT molecular complexity index is 1030. The second-order valence-electron chi connectivity index (χ2n) is 9.37. The Morgan fingerprint density at radius 1 is 0.972 bits per heavy atom. The number of aliphatic hydroxyl groups excluding tert-OH is 1. The van der Waals surface area contributed by atoms with E-state index in [9.17, 15) is 5.11 Å². The van der Waals surface area contributed by atoms with Gasteiger partial charge in [0.15, 0.2) is 0 Å². The van der Waals surface area contributed by atoms with Gasteiger partial charge in [0.05, 0.1) is 18.9 Å². The van der Waals surface area contributed by atoms with Crippen LogP contribution in [0.25, 0.3) is 0 Å². The molecule has 0 amide bonds. The lowest BCUT2D eigenvalue weighted by Gasteiger charge is -2.26. The number of nitrogens with zero attached hydrogens (tertiary/aromatic N) is 1. The summed E-state index contributed by atoms with van der Waals surface area (Å²) in [5.74, 6) is 0.705. The predicted octanol–water partition coefficient (Wildman–Crippen LogP) is 5.52. The van der Waals surface area contributed by atoms with E-state index >= 15 is 0 Å². The average molecular weight is 491 g/mol. The van der Waals surface area contributed by atoms with Gasteiger partial charge in [-0.05, 0) is 43.9 Å². The number of aliphatic hydroxyl groups is 1. The Morgan fingerprint density at radius 3 is 2.56 bits per heavy atom. The molecule has 4 rings (SSSR count). The minimum Gasteiger partial charge on any atom is -0.459 e. The molecule has 0 aliphatic carbocycles. The summed E-state index contributed by atoms with van der Waals surface area (Å²) < 4.78 is 17.6. The third-order valence-electron chi connectivity index (χ3n) is 6.44. The van der Waals surface area contributed by atoms with E-state index in [1.54, 1.807) is 0 Å². The summed E-state index contributed by atoms with van der Waals surface area (Å²) >= 11 is 0. The lowest BCUT2D eigenvalue weighted by atomic mass is 10.1. The van der Waals surface area contributed by atoms with Gasteiger partial charge in [-0.1, -0.05) is 73.5 Å². The quantitative estimate of drug-likeness (QED) is 0.290. The molecule has 6 nitrogen and oxygen atoms in total. The largest absolute Gasteiger partial charge is 0.459 e. The number of ether oxygens (including phenoxy) is 3. The maximum absolute atomic E-state index is 10.7. The van der Waals surface area contributed by atoms with Crippen LogP contribution in [0.2, 0.25) is 0 Å². The average Bonchev–Trinajstić information content (AvgIpc) is 2.93. The number of hydrogen-bond acceptors (Lipinski definition) is 6. The van der Waals surface area contributed by atoms with Crippen LogP contribution in [-0.2, 0) is 22.5 Å². The monoisotopic (exact) mass is 490 g/mol. The lowest BCUT2D eigenvalue weighted by Crippen LogP contribution is -2.31. The lowest BCUT2D eigenvalue weighted by molar-refractivity contribution is -0.113. The summed E-state index contributed by atoms with van der Waals surface area (Å²) in [6.07, 6.45) is 4.30. The molecule has 6 heteroatoms. The molecule has 1 aromatic heterocycles. The Labute approximate surface area is 214 Å². The van der Waals surface area contributed by atoms with Crippen LogP contribution < -0.4 is 10.1 Å². The minimum atomic E-state index is -0.678. The number of fused-ring (bicyclic) bond motifs is 1. The number of unbranched alkanes of at least 4 members (excludes halogenated alkanes) is 2. The molecule has 2 heterocycles. The molecule has 0 radical (unpaired) electrons. The first kappa shape index (κ1) is 26.3. The number of hydrogen-bond donors (Lipinski definition) is 2. The molecule has 0 bridgehead atoms. The molecule has 0 spiro atoms. The Balaban J connectivity index is 1.09. The number of nitrogens with one attached hydrogen (secondary N) is 1. The summed E-state index contributed by atoms with van der Waals surface area (Å²) in [5.41, 5.74) is 3.65. The fourth-order valence-electron chi connectivity index (χ4n) is 4.27. The summed E-state index contributed by atoms with van der Waals surface area (Å²) in [7, 11) is 0. The first-order chi connectivity index (χ1) is 17.7. The fourth-order valence-corrected chi connectivity index (χ4v) is 4.27. The zero-order valence-corrected chi connectivity index (χ0v) is 21.1. The molecule has 1 aliphatic rings. The molecule has 1 aliphatic heterocycles. The van der Waals surface area contributed by atoms with Gasteiger partial charge in [0.2, 0.25) is 6.29 Å². The minimum absolute atomic E-state index is 0.328. The molecule has 2 N–H and O–H groups in total. The van der Waals surface area contributed by atoms with Crippen LogP contribution in [0.15, 0.2) is 72.8 Å². The van der Waals surface area contributed by atoms with Crippen molar-refractivity contribution in [1.29, 1.82) is 0 Å². The van der Waals surface area contributed by atoms with Crippen LogP contribution in [0, 0.1) is 0 Å². The standard InChI is InChI=1S/C30H38N2O4/c1-23(11-5-4-10-19-34-20-18-24-12-6-2-7-13-24)31-21-28(33)26-16-17-29-27(32-26)22-35-30(36-29)25-14-8-3-9-15-25/h2-3,6-9,12-17,23,28,30-31,33H,4-5,10-11,18-22H2,1H3. The summed E-state index contributed by atoms with van der Waals surface area (Å²) in [5, 5.41) is 14.1. The van der Waals surface area contributed by atoms with Crippen molar-refractivity contribution < 1.29 is 19.3 Å². The van der Waals surface area contributed by atoms with E-state index in [2.05, 4.69) is 41.5 Å². The summed E-state index contributed by atoms with van der Waals surface area (Å²) in [6, 6.07) is 24.4. The molecule has 3 unspecified atom stereocenters. The Kier molecular flexibility index (Phi) is 10.3. The predicted molar refractivity (Wildman–Crippen MR) is 141 cm³/mol. The second-order valence-corrected chi connectivity index (χ2v) is 9.37. The molecule has 2 aromatic carbocycles. The van der Waals surface area contributed by atoms with E-state index in [0.717, 1.165) is 56.6 Å². The molecule has 0 saturated heterocycles. The molecule has 192 valence electrons. The summed E-state index contributed by atoms with van der Waals surface area (Å²) in [4.78, 5) is 4.60. The smallest absolute Gasteiger partial charge is 0.227 e. The Hall–Kier alpha value is -2.77. The first-order valence-corrected chi connectivity index (χ1v) is 13.0. The van der Waals surface area contributed by atoms with Crippen LogP contribution in [0.3, 0.4) is 0 Å². The van der Waals surface area contributed by atoms with Gasteiger partial charge in [-0.3, -0.25) is 0 Å². The van der Waals surface area contributed by atoms with Gasteiger partial charge in [0.1, 0.15) is 17.5 Å². The van der Waals surface area contributed by atoms with Crippen molar-refractivity contribution in [3.8, 4) is 5.75 Å². The van der Waals surface area contributed by atoms with Gasteiger partial charge in [0.25, 0.3) is 0 Å². The number of aromatic nitrogens is 1. The third-order valence-corrected chi connectivity index (χ3v) is 6.44. The van der Waals surface area contributed by atoms with Crippen molar-refractivity contribution in [2.45, 2.75) is 64.1 Å². The normalized spacial score (nSPS) is 16.7. The maximum Gasteiger partial charge on any atom is 0.227 e. The zero-order chi connectivity index (χ0) is 25.0. The van der Waals surface area contributed by atoms with Gasteiger partial charge in [-0.2, -0.15) is 0 Å². The second kappa shape index (κ2) is 14.1. The molecule has 3 aromatic rings. The van der Waals surface area contributed by atoms with E-state index in [-0.39, 0.29) is 0 Å². The molecule has 36 heavy (non-hydrogen) atoms. The molecule has 0 fully saturated rings. The Morgan fingerprint density at radius 2 is 1.75 bits per heavy atom. The van der Waals surface area contributed by atoms with Crippen molar-refractivity contribution in [2.75, 3.05) is 19.8 Å². The van der Waals surface area contributed by atoms with Crippen molar-refractivity contribution >= 4 is 0 Å². The van der Waals surface area contributed by atoms with Gasteiger partial charge in [-0.15, -0.1) is 0 Å². The van der Waals surface area contributed by atoms with Crippen molar-refractivity contribution in [3.05, 3.63) is 95.3 Å². The highest BCUT2D eigenvalue weighted by Crippen LogP contribution is 2.32. The zero-order valence-electron chi connectivity index (χ0n) is 21.1. The number of pyridine rings is 1. The van der Waals surface area contributed by atoms with Crippen molar-refractivity contribution in [1.82, 2.24) is 10.3 Å². The van der Waals surface area contributed by atoms with Gasteiger partial charge in [0, 0.05) is 24.8 Å². The van der Waals surface area contributed by atoms with E-state index in [0.29, 0.717) is 30.6 Å². The SMILES string of the molecule is CC(CCCCCOCCc1ccccc1)NCC(O)c1ccc2c(n1)COC(c1ccccc1)O2. The van der Waals surface area contributed by atoms with Crippen LogP contribution >= 0.6 is 0 Å². The van der Waals surface area contributed by atoms with Gasteiger partial charge >= 0.3 is 0 Å². The van der Waals surface area contributed by atoms with E-state index in [4.69, 9.17) is 14.2 Å². The first-order valence-electron chi connectivity index (χ1n) is 13.0. The van der Waals surface area contributed by atoms with Crippen molar-refractivity contribution in [2.24, 2.45) is 0 Å². The van der Waals surface area contributed by atoms with Gasteiger partial charge < -0.3 is 24.6 Å². The van der Waals surface area contributed by atoms with E-state index in [1.807, 2.05) is 48.5 Å². The highest BCUT2D eigenvalue weighted by Gasteiger charge is 2.24. The molecule has 0 saturated carbocycles. The van der Waals surface area contributed by atoms with Crippen LogP contribution in [0.5, 0.6) is 5.75 Å². The maximum atomic E-state index is 10.7. The third kappa shape index (κ3) is 8.14. The van der Waals surface area contributed by atoms with Crippen LogP contribution in [-0.4, -0.2) is 35.9 Å². The van der Waals surface area contributed by atoms with E-state index < -0.39 is 12.4 Å². The van der Waals surface area contributed by atoms with Crippen LogP contribution in [0.1, 0.15) is 67.5 Å². The molecular formula is C30H38N2O4.